The Bertz CT molecular complexity index is 1110. The molecule has 0 saturated heterocycles. The maximum atomic E-state index is 12.5. The summed E-state index contributed by atoms with van der Waals surface area (Å²) >= 11 is 3.53. The monoisotopic (exact) mass is 502 g/mol. The van der Waals surface area contributed by atoms with Crippen LogP contribution in [0.25, 0.3) is 11.0 Å². The Labute approximate surface area is 195 Å². The fourth-order valence-electron chi connectivity index (χ4n) is 2.92. The van der Waals surface area contributed by atoms with Crippen LogP contribution < -0.4 is 19.6 Å². The van der Waals surface area contributed by atoms with Gasteiger partial charge in [-0.2, -0.15) is 5.10 Å². The van der Waals surface area contributed by atoms with Crippen molar-refractivity contribution in [1.82, 2.24) is 5.43 Å². The van der Waals surface area contributed by atoms with E-state index in [-0.39, 0.29) is 11.9 Å². The molecule has 1 N–H and O–H groups in total. The zero-order valence-corrected chi connectivity index (χ0v) is 20.2. The number of benzene rings is 2. The number of halogens is 1. The van der Waals surface area contributed by atoms with Gasteiger partial charge in [-0.1, -0.05) is 6.92 Å². The molecular formula is C24H27BrN2O5. The zero-order chi connectivity index (χ0) is 23.1. The van der Waals surface area contributed by atoms with Gasteiger partial charge in [-0.15, -0.1) is 0 Å². The first-order chi connectivity index (χ1) is 15.4. The van der Waals surface area contributed by atoms with Crippen LogP contribution in [0.2, 0.25) is 0 Å². The highest BCUT2D eigenvalue weighted by Crippen LogP contribution is 2.34. The van der Waals surface area contributed by atoms with E-state index in [9.17, 15) is 4.79 Å². The van der Waals surface area contributed by atoms with E-state index in [2.05, 4.69) is 33.4 Å². The quantitative estimate of drug-likeness (QED) is 0.274. The molecule has 0 fully saturated rings. The van der Waals surface area contributed by atoms with Gasteiger partial charge in [-0.05, 0) is 79.5 Å². The van der Waals surface area contributed by atoms with Crippen molar-refractivity contribution in [2.75, 3.05) is 13.2 Å². The van der Waals surface area contributed by atoms with Gasteiger partial charge in [0.05, 0.1) is 25.5 Å². The van der Waals surface area contributed by atoms with Crippen LogP contribution in [0.1, 0.15) is 50.2 Å². The van der Waals surface area contributed by atoms with Gasteiger partial charge in [0.2, 0.25) is 0 Å². The average Bonchev–Trinajstić information content (AvgIpc) is 3.20. The summed E-state index contributed by atoms with van der Waals surface area (Å²) < 4.78 is 23.5. The van der Waals surface area contributed by atoms with Crippen LogP contribution in [-0.4, -0.2) is 31.4 Å². The van der Waals surface area contributed by atoms with Crippen molar-refractivity contribution in [3.63, 3.8) is 0 Å². The maximum absolute atomic E-state index is 12.5. The molecule has 8 heteroatoms. The molecule has 1 heterocycles. The fraction of sp³-hybridized carbons (Fsp3) is 0.333. The van der Waals surface area contributed by atoms with Gasteiger partial charge in [0.15, 0.2) is 17.3 Å². The third kappa shape index (κ3) is 5.82. The molecule has 0 saturated carbocycles. The van der Waals surface area contributed by atoms with Crippen LogP contribution in [-0.2, 0) is 0 Å². The minimum absolute atomic E-state index is 0.0633. The van der Waals surface area contributed by atoms with Crippen LogP contribution in [0.3, 0.4) is 0 Å². The Hall–Kier alpha value is -3.00. The van der Waals surface area contributed by atoms with Crippen molar-refractivity contribution in [3.8, 4) is 17.2 Å². The second kappa shape index (κ2) is 11.0. The fourth-order valence-corrected chi connectivity index (χ4v) is 3.34. The predicted octanol–water partition coefficient (Wildman–Crippen LogP) is 5.93. The number of nitrogens with one attached hydrogen (secondary N) is 1. The van der Waals surface area contributed by atoms with E-state index in [1.807, 2.05) is 39.0 Å². The number of hydrogen-bond donors (Lipinski definition) is 1. The molecule has 0 aliphatic rings. The molecule has 1 amide bonds. The number of rotatable bonds is 10. The van der Waals surface area contributed by atoms with Gasteiger partial charge in [0.1, 0.15) is 11.3 Å². The molecule has 0 bridgehead atoms. The first kappa shape index (κ1) is 23.7. The van der Waals surface area contributed by atoms with Crippen molar-refractivity contribution in [2.24, 2.45) is 5.10 Å². The summed E-state index contributed by atoms with van der Waals surface area (Å²) in [5.41, 5.74) is 3.83. The second-order valence-corrected chi connectivity index (χ2v) is 7.89. The molecule has 3 aromatic rings. The first-order valence-electron chi connectivity index (χ1n) is 10.6. The molecule has 32 heavy (non-hydrogen) atoms. The number of amides is 1. The molecule has 0 radical (unpaired) electrons. The lowest BCUT2D eigenvalue weighted by atomic mass is 10.2. The van der Waals surface area contributed by atoms with Crippen molar-refractivity contribution in [2.45, 2.75) is 40.2 Å². The summed E-state index contributed by atoms with van der Waals surface area (Å²) in [5.74, 6) is 1.71. The van der Waals surface area contributed by atoms with Crippen LogP contribution >= 0.6 is 15.9 Å². The summed E-state index contributed by atoms with van der Waals surface area (Å²) in [6.07, 6.45) is 2.48. The Morgan fingerprint density at radius 2 is 1.91 bits per heavy atom. The summed E-state index contributed by atoms with van der Waals surface area (Å²) in [7, 11) is 0. The van der Waals surface area contributed by atoms with Crippen molar-refractivity contribution in [3.05, 3.63) is 52.2 Å². The summed E-state index contributed by atoms with van der Waals surface area (Å²) in [6.45, 7) is 8.96. The molecule has 0 aliphatic heterocycles. The minimum Gasteiger partial charge on any atom is -0.494 e. The highest BCUT2D eigenvalue weighted by molar-refractivity contribution is 9.10. The third-order valence-electron chi connectivity index (χ3n) is 4.66. The van der Waals surface area contributed by atoms with E-state index in [4.69, 9.17) is 18.6 Å². The summed E-state index contributed by atoms with van der Waals surface area (Å²) in [6, 6.07) is 10.7. The lowest BCUT2D eigenvalue weighted by molar-refractivity contribution is 0.0929. The number of hydrazone groups is 1. The molecule has 0 spiro atoms. The second-order valence-electron chi connectivity index (χ2n) is 7.03. The highest BCUT2D eigenvalue weighted by atomic mass is 79.9. The first-order valence-corrected chi connectivity index (χ1v) is 11.4. The topological polar surface area (TPSA) is 82.3 Å². The number of ether oxygens (including phenoxy) is 3. The van der Waals surface area contributed by atoms with Crippen LogP contribution in [0.15, 0.2) is 50.4 Å². The van der Waals surface area contributed by atoms with Gasteiger partial charge in [0.25, 0.3) is 0 Å². The third-order valence-corrected chi connectivity index (χ3v) is 5.34. The Morgan fingerprint density at radius 1 is 1.12 bits per heavy atom. The normalized spacial score (nSPS) is 12.2. The highest BCUT2D eigenvalue weighted by Gasteiger charge is 2.14. The number of nitrogens with zero attached hydrogens (tertiary/aromatic N) is 1. The largest absolute Gasteiger partial charge is 0.494 e. The molecule has 0 aliphatic carbocycles. The van der Waals surface area contributed by atoms with Crippen molar-refractivity contribution in [1.29, 1.82) is 0 Å². The van der Waals surface area contributed by atoms with Crippen molar-refractivity contribution >= 4 is 39.0 Å². The van der Waals surface area contributed by atoms with Gasteiger partial charge in [-0.25, -0.2) is 5.43 Å². The maximum Gasteiger partial charge on any atom is 0.307 e. The molecule has 0 unspecified atom stereocenters. The van der Waals surface area contributed by atoms with E-state index in [1.165, 1.54) is 6.21 Å². The SMILES string of the molecule is CCOc1ccc2oc(C(=O)N/N=C/c3cc(OCC)c(O[C@H](C)CC)cc3Br)cc2c1. The van der Waals surface area contributed by atoms with Crippen molar-refractivity contribution < 1.29 is 23.4 Å². The van der Waals surface area contributed by atoms with E-state index in [0.29, 0.717) is 30.3 Å². The van der Waals surface area contributed by atoms with E-state index in [1.54, 1.807) is 18.2 Å². The Morgan fingerprint density at radius 3 is 2.62 bits per heavy atom. The van der Waals surface area contributed by atoms with E-state index < -0.39 is 5.91 Å². The molecule has 7 nitrogen and oxygen atoms in total. The number of carbonyl (C=O) groups excluding carboxylic acids is 1. The number of carbonyl (C=O) groups is 1. The van der Waals surface area contributed by atoms with Gasteiger partial charge >= 0.3 is 5.91 Å². The lowest BCUT2D eigenvalue weighted by Gasteiger charge is -2.17. The molecule has 1 atom stereocenters. The lowest BCUT2D eigenvalue weighted by Crippen LogP contribution is -2.16. The smallest absolute Gasteiger partial charge is 0.307 e. The summed E-state index contributed by atoms with van der Waals surface area (Å²) in [4.78, 5) is 12.5. The minimum atomic E-state index is -0.451. The Balaban J connectivity index is 1.73. The molecule has 2 aromatic carbocycles. The summed E-state index contributed by atoms with van der Waals surface area (Å²) in [5, 5.41) is 4.85. The number of hydrogen-bond acceptors (Lipinski definition) is 6. The molecule has 3 rings (SSSR count). The van der Waals surface area contributed by atoms with E-state index >= 15 is 0 Å². The van der Waals surface area contributed by atoms with Gasteiger partial charge in [-0.3, -0.25) is 4.79 Å². The predicted molar refractivity (Wildman–Crippen MR) is 128 cm³/mol. The van der Waals surface area contributed by atoms with E-state index in [0.717, 1.165) is 27.6 Å². The van der Waals surface area contributed by atoms with Crippen LogP contribution in [0.4, 0.5) is 0 Å². The number of furan rings is 1. The zero-order valence-electron chi connectivity index (χ0n) is 18.6. The van der Waals surface area contributed by atoms with Crippen LogP contribution in [0, 0.1) is 0 Å². The standard InChI is InChI=1S/C24H27BrN2O5/c1-5-15(4)31-22-13-19(25)17(12-21(22)30-7-3)14-26-27-24(28)23-11-16-10-18(29-6-2)8-9-20(16)32-23/h8-15H,5-7H2,1-4H3,(H,27,28)/b26-14+/t15-/m1/s1. The molecule has 1 aromatic heterocycles. The molecule has 170 valence electrons. The van der Waals surface area contributed by atoms with Gasteiger partial charge < -0.3 is 18.6 Å². The Kier molecular flexibility index (Phi) is 8.16. The van der Waals surface area contributed by atoms with Gasteiger partial charge in [0, 0.05) is 15.4 Å². The molecular weight excluding hydrogens is 476 g/mol. The average molecular weight is 503 g/mol. The number of fused-ring (bicyclic) bond motifs is 1. The van der Waals surface area contributed by atoms with Crippen LogP contribution in [0.5, 0.6) is 17.2 Å².